The third-order valence-electron chi connectivity index (χ3n) is 2.46. The average molecular weight is 345 g/mol. The van der Waals surface area contributed by atoms with Gasteiger partial charge in [0.15, 0.2) is 0 Å². The molecule has 1 aromatic rings. The molecule has 23 heavy (non-hydrogen) atoms. The lowest BCUT2D eigenvalue weighted by atomic mass is 10.2. The fraction of sp³-hybridized carbons (Fsp3) is 0.538. The van der Waals surface area contributed by atoms with E-state index in [1.54, 1.807) is 20.8 Å². The van der Waals surface area contributed by atoms with Crippen LogP contribution in [0.15, 0.2) is 15.8 Å². The number of alkyl carbamates (subject to hydrolysis) is 1. The van der Waals surface area contributed by atoms with Crippen molar-refractivity contribution >= 4 is 24.0 Å². The predicted octanol–water partition coefficient (Wildman–Crippen LogP) is 0.319. The maximum atomic E-state index is 11.6. The first-order valence-electron chi connectivity index (χ1n) is 6.68. The molecule has 10 heteroatoms. The second-order valence-electron chi connectivity index (χ2n) is 5.73. The number of ether oxygens (including phenoxy) is 1. The highest BCUT2D eigenvalue weighted by Crippen LogP contribution is 2.09. The minimum Gasteiger partial charge on any atom is -0.480 e. The topological polar surface area (TPSA) is 130 Å². The van der Waals surface area contributed by atoms with E-state index in [2.05, 4.69) is 10.3 Å². The molecule has 1 atom stereocenters. The molecule has 1 aromatic heterocycles. The Balaban J connectivity index is 2.77. The summed E-state index contributed by atoms with van der Waals surface area (Å²) in [6, 6.07) is -1.26. The summed E-state index contributed by atoms with van der Waals surface area (Å²) in [6.07, 6.45) is 0.439. The second-order valence-corrected chi connectivity index (χ2v) is 6.71. The van der Waals surface area contributed by atoms with Crippen LogP contribution in [0.2, 0.25) is 0 Å². The largest absolute Gasteiger partial charge is 0.480 e. The number of carboxylic acid groups (broad SMARTS) is 1. The van der Waals surface area contributed by atoms with Crippen molar-refractivity contribution in [3.05, 3.63) is 32.6 Å². The number of aryl methyl sites for hydroxylation is 1. The summed E-state index contributed by atoms with van der Waals surface area (Å²) >= 11 is 0.849. The van der Waals surface area contributed by atoms with Gasteiger partial charge < -0.3 is 15.2 Å². The summed E-state index contributed by atoms with van der Waals surface area (Å²) in [6.45, 7) is 6.47. The van der Waals surface area contributed by atoms with Crippen molar-refractivity contribution in [1.29, 1.82) is 0 Å². The maximum Gasteiger partial charge on any atom is 0.408 e. The molecule has 0 aromatic carbocycles. The zero-order valence-corrected chi connectivity index (χ0v) is 14.0. The highest BCUT2D eigenvalue weighted by atomic mass is 32.2. The summed E-state index contributed by atoms with van der Waals surface area (Å²) in [7, 11) is 0. The lowest BCUT2D eigenvalue weighted by molar-refractivity contribution is -0.138. The fourth-order valence-corrected chi connectivity index (χ4v) is 2.35. The van der Waals surface area contributed by atoms with Crippen LogP contribution in [0.1, 0.15) is 26.3 Å². The van der Waals surface area contributed by atoms with Gasteiger partial charge in [0.2, 0.25) is 0 Å². The molecular formula is C13H19N3O6S. The van der Waals surface area contributed by atoms with Crippen molar-refractivity contribution in [2.75, 3.05) is 5.75 Å². The van der Waals surface area contributed by atoms with Gasteiger partial charge >= 0.3 is 17.8 Å². The molecule has 0 aliphatic heterocycles. The molecule has 0 saturated heterocycles. The molecule has 9 nitrogen and oxygen atoms in total. The second kappa shape index (κ2) is 7.36. The number of carboxylic acids is 1. The fourth-order valence-electron chi connectivity index (χ4n) is 1.42. The Bertz CT molecular complexity index is 703. The highest BCUT2D eigenvalue weighted by Gasteiger charge is 2.24. The zero-order valence-electron chi connectivity index (χ0n) is 13.2. The van der Waals surface area contributed by atoms with E-state index in [0.717, 1.165) is 15.9 Å². The maximum absolute atomic E-state index is 11.6. The van der Waals surface area contributed by atoms with E-state index in [0.29, 0.717) is 5.56 Å². The first kappa shape index (κ1) is 18.8. The van der Waals surface area contributed by atoms with Crippen LogP contribution in [-0.4, -0.2) is 43.5 Å². The molecule has 0 saturated carbocycles. The van der Waals surface area contributed by atoms with E-state index in [4.69, 9.17) is 9.84 Å². The molecule has 0 spiro atoms. The number of aromatic nitrogens is 2. The SMILES string of the molecule is Cc1cn(SC[C@H](NC(=O)OC(C)(C)C)C(=O)O)c(=O)[nH]c1=O. The Labute approximate surface area is 136 Å². The first-order valence-corrected chi connectivity index (χ1v) is 7.62. The van der Waals surface area contributed by atoms with Crippen molar-refractivity contribution in [3.8, 4) is 0 Å². The summed E-state index contributed by atoms with van der Waals surface area (Å²) in [4.78, 5) is 47.8. The molecule has 0 aliphatic carbocycles. The van der Waals surface area contributed by atoms with Crippen LogP contribution in [0.5, 0.6) is 0 Å². The van der Waals surface area contributed by atoms with E-state index in [9.17, 15) is 19.2 Å². The van der Waals surface area contributed by atoms with Gasteiger partial charge in [0.1, 0.15) is 11.6 Å². The monoisotopic (exact) mass is 345 g/mol. The smallest absolute Gasteiger partial charge is 0.408 e. The number of H-pyrrole nitrogens is 1. The Morgan fingerprint density at radius 3 is 2.57 bits per heavy atom. The molecule has 0 fully saturated rings. The van der Waals surface area contributed by atoms with Crippen molar-refractivity contribution in [2.24, 2.45) is 0 Å². The van der Waals surface area contributed by atoms with Crippen LogP contribution in [-0.2, 0) is 9.53 Å². The zero-order chi connectivity index (χ0) is 17.8. The van der Waals surface area contributed by atoms with Gasteiger partial charge in [-0.2, -0.15) is 0 Å². The van der Waals surface area contributed by atoms with Crippen LogP contribution in [0.4, 0.5) is 4.79 Å². The molecule has 1 heterocycles. The first-order chi connectivity index (χ1) is 10.5. The number of aliphatic carboxylic acids is 1. The number of aromatic amines is 1. The Morgan fingerprint density at radius 1 is 1.43 bits per heavy atom. The lowest BCUT2D eigenvalue weighted by Gasteiger charge is -2.21. The van der Waals surface area contributed by atoms with Gasteiger partial charge in [-0.15, -0.1) is 0 Å². The number of amides is 1. The third-order valence-corrected chi connectivity index (χ3v) is 3.49. The van der Waals surface area contributed by atoms with Gasteiger partial charge in [-0.05, 0) is 39.6 Å². The molecule has 0 radical (unpaired) electrons. The predicted molar refractivity (Wildman–Crippen MR) is 84.7 cm³/mol. The van der Waals surface area contributed by atoms with Crippen molar-refractivity contribution in [1.82, 2.24) is 14.3 Å². The van der Waals surface area contributed by atoms with E-state index in [-0.39, 0.29) is 5.75 Å². The van der Waals surface area contributed by atoms with Crippen LogP contribution in [0, 0.1) is 6.92 Å². The number of carbonyl (C=O) groups excluding carboxylic acids is 1. The van der Waals surface area contributed by atoms with Crippen LogP contribution in [0.25, 0.3) is 0 Å². The van der Waals surface area contributed by atoms with Crippen molar-refractivity contribution < 1.29 is 19.4 Å². The molecule has 0 aliphatic rings. The van der Waals surface area contributed by atoms with E-state index in [1.807, 2.05) is 0 Å². The van der Waals surface area contributed by atoms with E-state index in [1.165, 1.54) is 13.1 Å². The standard InChI is InChI=1S/C13H19N3O6S/c1-7-5-16(11(20)15-9(7)17)23-6-8(10(18)19)14-12(21)22-13(2,3)4/h5,8H,6H2,1-4H3,(H,14,21)(H,18,19)(H,15,17,20)/t8-/m0/s1. The molecule has 3 N–H and O–H groups in total. The molecule has 0 unspecified atom stereocenters. The van der Waals surface area contributed by atoms with Gasteiger partial charge in [0.25, 0.3) is 5.56 Å². The van der Waals surface area contributed by atoms with Gasteiger partial charge in [0, 0.05) is 17.5 Å². The van der Waals surface area contributed by atoms with E-state index < -0.39 is 35.0 Å². The third kappa shape index (κ3) is 6.19. The Morgan fingerprint density at radius 2 is 2.04 bits per heavy atom. The molecule has 0 bridgehead atoms. The van der Waals surface area contributed by atoms with Gasteiger partial charge in [0.05, 0.1) is 0 Å². The van der Waals surface area contributed by atoms with Crippen molar-refractivity contribution in [2.45, 2.75) is 39.3 Å². The number of hydrogen-bond donors (Lipinski definition) is 3. The minimum absolute atomic E-state index is 0.125. The van der Waals surface area contributed by atoms with Gasteiger partial charge in [-0.3, -0.25) is 9.78 Å². The molecule has 128 valence electrons. The highest BCUT2D eigenvalue weighted by molar-refractivity contribution is 7.97. The van der Waals surface area contributed by atoms with Crippen LogP contribution in [0.3, 0.4) is 0 Å². The number of carbonyl (C=O) groups is 2. The number of hydrogen-bond acceptors (Lipinski definition) is 6. The summed E-state index contributed by atoms with van der Waals surface area (Å²) in [5.41, 5.74) is -1.63. The summed E-state index contributed by atoms with van der Waals surface area (Å²) in [5.74, 6) is -1.39. The molecule has 1 rings (SSSR count). The van der Waals surface area contributed by atoms with Gasteiger partial charge in [-0.1, -0.05) is 0 Å². The number of nitrogens with zero attached hydrogens (tertiary/aromatic N) is 1. The normalized spacial score (nSPS) is 12.5. The minimum atomic E-state index is -1.27. The Hall–Kier alpha value is -2.23. The van der Waals surface area contributed by atoms with Crippen LogP contribution >= 0.6 is 11.9 Å². The summed E-state index contributed by atoms with van der Waals surface area (Å²) in [5, 5.41) is 11.4. The van der Waals surface area contributed by atoms with Crippen molar-refractivity contribution in [3.63, 3.8) is 0 Å². The number of nitrogens with one attached hydrogen (secondary N) is 2. The number of rotatable bonds is 5. The summed E-state index contributed by atoms with van der Waals surface area (Å²) < 4.78 is 6.09. The Kier molecular flexibility index (Phi) is 6.02. The molecule has 1 amide bonds. The van der Waals surface area contributed by atoms with Crippen LogP contribution < -0.4 is 16.6 Å². The quantitative estimate of drug-likeness (QED) is 0.700. The lowest BCUT2D eigenvalue weighted by Crippen LogP contribution is -2.45. The van der Waals surface area contributed by atoms with Gasteiger partial charge in [-0.25, -0.2) is 18.4 Å². The van der Waals surface area contributed by atoms with E-state index >= 15 is 0 Å². The molecular weight excluding hydrogens is 326 g/mol. The average Bonchev–Trinajstić information content (AvgIpc) is 2.37.